The molecule has 0 aromatic carbocycles. The van der Waals surface area contributed by atoms with Crippen LogP contribution in [0, 0.1) is 5.92 Å². The lowest BCUT2D eigenvalue weighted by atomic mass is 10.1. The second-order valence-electron chi connectivity index (χ2n) is 8.83. The van der Waals surface area contributed by atoms with Gasteiger partial charge in [0.25, 0.3) is 0 Å². The molecule has 0 aliphatic carbocycles. The van der Waals surface area contributed by atoms with Crippen LogP contribution in [0.4, 0.5) is 0 Å². The van der Waals surface area contributed by atoms with Crippen LogP contribution in [-0.4, -0.2) is 12.6 Å². The van der Waals surface area contributed by atoms with E-state index in [-0.39, 0.29) is 5.97 Å². The largest absolute Gasteiger partial charge is 0.465 e. The van der Waals surface area contributed by atoms with E-state index >= 15 is 0 Å². The first-order valence-electron chi connectivity index (χ1n) is 12.5. The maximum Gasteiger partial charge on any atom is 0.305 e. The van der Waals surface area contributed by atoms with E-state index in [0.29, 0.717) is 18.9 Å². The quantitative estimate of drug-likeness (QED) is 0.110. The van der Waals surface area contributed by atoms with Crippen LogP contribution in [0.15, 0.2) is 12.2 Å². The van der Waals surface area contributed by atoms with E-state index in [2.05, 4.69) is 32.9 Å². The van der Waals surface area contributed by atoms with Crippen LogP contribution in [0.2, 0.25) is 0 Å². The molecule has 28 heavy (non-hydrogen) atoms. The molecule has 0 bridgehead atoms. The number of unbranched alkanes of at least 4 members (excludes halogenated alkanes) is 15. The molecule has 2 heteroatoms. The summed E-state index contributed by atoms with van der Waals surface area (Å²) < 4.78 is 5.20. The fourth-order valence-corrected chi connectivity index (χ4v) is 3.38. The van der Waals surface area contributed by atoms with Gasteiger partial charge in [0, 0.05) is 6.42 Å². The van der Waals surface area contributed by atoms with E-state index in [1.807, 2.05) is 0 Å². The molecule has 0 aliphatic rings. The van der Waals surface area contributed by atoms with Gasteiger partial charge in [0.2, 0.25) is 0 Å². The van der Waals surface area contributed by atoms with Crippen molar-refractivity contribution in [2.45, 2.75) is 136 Å². The summed E-state index contributed by atoms with van der Waals surface area (Å²) in [6.45, 7) is 6.98. The second-order valence-corrected chi connectivity index (χ2v) is 8.83. The molecule has 0 amide bonds. The Morgan fingerprint density at radius 3 is 1.57 bits per heavy atom. The second kappa shape index (κ2) is 22.5. The first-order chi connectivity index (χ1) is 13.7. The zero-order valence-corrected chi connectivity index (χ0v) is 19.5. The van der Waals surface area contributed by atoms with Crippen molar-refractivity contribution in [3.05, 3.63) is 12.2 Å². The summed E-state index contributed by atoms with van der Waals surface area (Å²) in [6.07, 6.45) is 27.9. The summed E-state index contributed by atoms with van der Waals surface area (Å²) in [5.41, 5.74) is 0. The number of hydrogen-bond donors (Lipinski definition) is 0. The molecule has 0 heterocycles. The van der Waals surface area contributed by atoms with Gasteiger partial charge >= 0.3 is 5.97 Å². The Hall–Kier alpha value is -0.790. The molecule has 0 fully saturated rings. The summed E-state index contributed by atoms with van der Waals surface area (Å²) >= 11 is 0. The molecule has 0 aliphatic heterocycles. The fourth-order valence-electron chi connectivity index (χ4n) is 3.38. The SMILES string of the molecule is CCCCCCCC/C=C\CCCCCCCCCCCC(=O)OCC(C)C. The standard InChI is InChI=1S/C26H50O2/c1-4-5-6-7-8-9-10-11-12-13-14-15-16-17-18-19-20-21-22-23-26(27)28-24-25(2)3/h11-12,25H,4-10,13-24H2,1-3H3/b12-11-. The number of carbonyl (C=O) groups excluding carboxylic acids is 1. The predicted molar refractivity (Wildman–Crippen MR) is 124 cm³/mol. The summed E-state index contributed by atoms with van der Waals surface area (Å²) in [7, 11) is 0. The van der Waals surface area contributed by atoms with E-state index < -0.39 is 0 Å². The minimum Gasteiger partial charge on any atom is -0.465 e. The van der Waals surface area contributed by atoms with Gasteiger partial charge in [0.15, 0.2) is 0 Å². The zero-order chi connectivity index (χ0) is 20.7. The third-order valence-corrected chi connectivity index (χ3v) is 5.22. The Kier molecular flexibility index (Phi) is 21.9. The highest BCUT2D eigenvalue weighted by atomic mass is 16.5. The van der Waals surface area contributed by atoms with Crippen molar-refractivity contribution in [1.82, 2.24) is 0 Å². The van der Waals surface area contributed by atoms with Crippen LogP contribution < -0.4 is 0 Å². The molecular formula is C26H50O2. The van der Waals surface area contributed by atoms with Crippen LogP contribution in [-0.2, 0) is 9.53 Å². The van der Waals surface area contributed by atoms with E-state index in [9.17, 15) is 4.79 Å². The molecule has 0 N–H and O–H groups in total. The molecular weight excluding hydrogens is 344 g/mol. The lowest BCUT2D eigenvalue weighted by Crippen LogP contribution is -2.09. The minimum atomic E-state index is -0.0188. The van der Waals surface area contributed by atoms with Gasteiger partial charge in [-0.25, -0.2) is 0 Å². The predicted octanol–water partition coefficient (Wildman–Crippen LogP) is 8.78. The number of rotatable bonds is 21. The van der Waals surface area contributed by atoms with Gasteiger partial charge in [-0.3, -0.25) is 4.79 Å². The van der Waals surface area contributed by atoms with Crippen LogP contribution >= 0.6 is 0 Å². The van der Waals surface area contributed by atoms with Gasteiger partial charge in [-0.1, -0.05) is 110 Å². The van der Waals surface area contributed by atoms with Gasteiger partial charge in [-0.2, -0.15) is 0 Å². The number of carbonyl (C=O) groups is 1. The monoisotopic (exact) mass is 394 g/mol. The van der Waals surface area contributed by atoms with Crippen molar-refractivity contribution in [1.29, 1.82) is 0 Å². The first kappa shape index (κ1) is 27.2. The highest BCUT2D eigenvalue weighted by Crippen LogP contribution is 2.12. The fraction of sp³-hybridized carbons (Fsp3) is 0.885. The van der Waals surface area contributed by atoms with Crippen molar-refractivity contribution in [2.75, 3.05) is 6.61 Å². The molecule has 0 aromatic heterocycles. The van der Waals surface area contributed by atoms with Crippen molar-refractivity contribution >= 4 is 5.97 Å². The normalized spacial score (nSPS) is 11.6. The van der Waals surface area contributed by atoms with Gasteiger partial charge in [0.05, 0.1) is 6.61 Å². The molecule has 0 unspecified atom stereocenters. The average molecular weight is 395 g/mol. The van der Waals surface area contributed by atoms with Gasteiger partial charge in [-0.15, -0.1) is 0 Å². The van der Waals surface area contributed by atoms with Crippen LogP contribution in [0.3, 0.4) is 0 Å². The maximum atomic E-state index is 11.5. The highest BCUT2D eigenvalue weighted by Gasteiger charge is 2.03. The van der Waals surface area contributed by atoms with E-state index in [4.69, 9.17) is 4.74 Å². The number of hydrogen-bond acceptors (Lipinski definition) is 2. The molecule has 0 saturated carbocycles. The summed E-state index contributed by atoms with van der Waals surface area (Å²) in [5.74, 6) is 0.416. The Morgan fingerprint density at radius 2 is 1.11 bits per heavy atom. The highest BCUT2D eigenvalue weighted by molar-refractivity contribution is 5.69. The van der Waals surface area contributed by atoms with Crippen LogP contribution in [0.1, 0.15) is 136 Å². The maximum absolute atomic E-state index is 11.5. The van der Waals surface area contributed by atoms with Crippen LogP contribution in [0.25, 0.3) is 0 Å². The Balaban J connectivity index is 3.15. The van der Waals surface area contributed by atoms with Crippen molar-refractivity contribution in [3.8, 4) is 0 Å². The minimum absolute atomic E-state index is 0.0188. The zero-order valence-electron chi connectivity index (χ0n) is 19.5. The Morgan fingerprint density at radius 1 is 0.679 bits per heavy atom. The van der Waals surface area contributed by atoms with Gasteiger partial charge in [0.1, 0.15) is 0 Å². The number of esters is 1. The average Bonchev–Trinajstić information content (AvgIpc) is 2.68. The third kappa shape index (κ3) is 23.2. The molecule has 0 rings (SSSR count). The lowest BCUT2D eigenvalue weighted by Gasteiger charge is -2.06. The summed E-state index contributed by atoms with van der Waals surface area (Å²) in [5, 5.41) is 0. The van der Waals surface area contributed by atoms with E-state index in [1.165, 1.54) is 103 Å². The molecule has 0 atom stereocenters. The lowest BCUT2D eigenvalue weighted by molar-refractivity contribution is -0.144. The van der Waals surface area contributed by atoms with Gasteiger partial charge in [-0.05, 0) is 38.0 Å². The van der Waals surface area contributed by atoms with E-state index in [1.54, 1.807) is 0 Å². The molecule has 0 saturated heterocycles. The molecule has 166 valence electrons. The molecule has 0 aromatic rings. The van der Waals surface area contributed by atoms with Crippen LogP contribution in [0.5, 0.6) is 0 Å². The summed E-state index contributed by atoms with van der Waals surface area (Å²) in [4.78, 5) is 11.5. The van der Waals surface area contributed by atoms with Gasteiger partial charge < -0.3 is 4.74 Å². The molecule has 0 spiro atoms. The molecule has 0 radical (unpaired) electrons. The number of ether oxygens (including phenoxy) is 1. The van der Waals surface area contributed by atoms with Crippen molar-refractivity contribution in [2.24, 2.45) is 5.92 Å². The third-order valence-electron chi connectivity index (χ3n) is 5.22. The number of allylic oxidation sites excluding steroid dienone is 2. The smallest absolute Gasteiger partial charge is 0.305 e. The van der Waals surface area contributed by atoms with Crippen molar-refractivity contribution < 1.29 is 9.53 Å². The first-order valence-corrected chi connectivity index (χ1v) is 12.5. The topological polar surface area (TPSA) is 26.3 Å². The Bertz CT molecular complexity index is 346. The van der Waals surface area contributed by atoms with Crippen molar-refractivity contribution in [3.63, 3.8) is 0 Å². The summed E-state index contributed by atoms with van der Waals surface area (Å²) in [6, 6.07) is 0. The van der Waals surface area contributed by atoms with E-state index in [0.717, 1.165) is 6.42 Å². The molecule has 2 nitrogen and oxygen atoms in total. The Labute approximate surface area is 176 Å².